The zero-order valence-corrected chi connectivity index (χ0v) is 20.1. The molecule has 6 heteroatoms. The Labute approximate surface area is 201 Å². The first kappa shape index (κ1) is 23.9. The van der Waals surface area contributed by atoms with Gasteiger partial charge >= 0.3 is 0 Å². The SMILES string of the molecule is C[C@H]1CN([C@@H](C)CO)C(=O)c2cc(-c3ccccc3)cnc2O[C@H]1CN(C)Cc1ccccc1. The minimum absolute atomic E-state index is 0.0555. The van der Waals surface area contributed by atoms with E-state index >= 15 is 0 Å². The number of rotatable bonds is 7. The van der Waals surface area contributed by atoms with E-state index in [1.807, 2.05) is 61.5 Å². The lowest BCUT2D eigenvalue weighted by molar-refractivity contribution is 0.0325. The summed E-state index contributed by atoms with van der Waals surface area (Å²) in [7, 11) is 2.08. The number of amides is 1. The lowest BCUT2D eigenvalue weighted by atomic mass is 9.99. The molecule has 178 valence electrons. The topological polar surface area (TPSA) is 65.9 Å². The molecule has 0 fully saturated rings. The van der Waals surface area contributed by atoms with Gasteiger partial charge in [0.2, 0.25) is 5.88 Å². The Morgan fingerprint density at radius 2 is 1.79 bits per heavy atom. The van der Waals surface area contributed by atoms with E-state index in [1.165, 1.54) is 5.56 Å². The molecule has 1 aliphatic rings. The number of aliphatic hydroxyl groups is 1. The van der Waals surface area contributed by atoms with Gasteiger partial charge in [0.05, 0.1) is 12.6 Å². The number of pyridine rings is 1. The Kier molecular flexibility index (Phi) is 7.60. The van der Waals surface area contributed by atoms with Crippen molar-refractivity contribution in [1.29, 1.82) is 0 Å². The lowest BCUT2D eigenvalue weighted by Crippen LogP contribution is -2.49. The van der Waals surface area contributed by atoms with Gasteiger partial charge in [0.15, 0.2) is 0 Å². The van der Waals surface area contributed by atoms with Crippen LogP contribution in [0.1, 0.15) is 29.8 Å². The molecule has 0 spiro atoms. The molecule has 1 aromatic heterocycles. The van der Waals surface area contributed by atoms with Gasteiger partial charge in [-0.15, -0.1) is 0 Å². The van der Waals surface area contributed by atoms with Crippen LogP contribution in [0.15, 0.2) is 72.9 Å². The molecule has 2 heterocycles. The van der Waals surface area contributed by atoms with Crippen molar-refractivity contribution in [1.82, 2.24) is 14.8 Å². The highest BCUT2D eigenvalue weighted by Crippen LogP contribution is 2.30. The van der Waals surface area contributed by atoms with Crippen molar-refractivity contribution in [3.63, 3.8) is 0 Å². The Hall–Kier alpha value is -3.22. The van der Waals surface area contributed by atoms with Crippen molar-refractivity contribution < 1.29 is 14.6 Å². The third-order valence-electron chi connectivity index (χ3n) is 6.42. The molecule has 0 aliphatic carbocycles. The predicted molar refractivity (Wildman–Crippen MR) is 134 cm³/mol. The summed E-state index contributed by atoms with van der Waals surface area (Å²) in [5.41, 5.74) is 3.52. The second-order valence-corrected chi connectivity index (χ2v) is 9.25. The maximum atomic E-state index is 13.6. The number of hydrogen-bond donors (Lipinski definition) is 1. The van der Waals surface area contributed by atoms with E-state index < -0.39 is 0 Å². The number of fused-ring (bicyclic) bond motifs is 1. The lowest BCUT2D eigenvalue weighted by Gasteiger charge is -2.37. The molecule has 4 rings (SSSR count). The van der Waals surface area contributed by atoms with Crippen LogP contribution >= 0.6 is 0 Å². The van der Waals surface area contributed by atoms with Crippen LogP contribution in [0.5, 0.6) is 5.88 Å². The Bertz CT molecular complexity index is 1090. The van der Waals surface area contributed by atoms with Crippen LogP contribution in [0.3, 0.4) is 0 Å². The van der Waals surface area contributed by atoms with Gasteiger partial charge < -0.3 is 14.7 Å². The van der Waals surface area contributed by atoms with E-state index in [-0.39, 0.29) is 30.6 Å². The Morgan fingerprint density at radius 3 is 2.47 bits per heavy atom. The summed E-state index contributed by atoms with van der Waals surface area (Å²) in [6.45, 7) is 5.86. The van der Waals surface area contributed by atoms with Gasteiger partial charge in [0.25, 0.3) is 5.91 Å². The third kappa shape index (κ3) is 5.46. The molecule has 1 aliphatic heterocycles. The number of aliphatic hydroxyl groups excluding tert-OH is 1. The van der Waals surface area contributed by atoms with Gasteiger partial charge in [-0.2, -0.15) is 0 Å². The Morgan fingerprint density at radius 1 is 1.12 bits per heavy atom. The van der Waals surface area contributed by atoms with E-state index in [0.717, 1.165) is 17.7 Å². The zero-order valence-electron chi connectivity index (χ0n) is 20.1. The van der Waals surface area contributed by atoms with Crippen molar-refractivity contribution in [2.75, 3.05) is 26.7 Å². The van der Waals surface area contributed by atoms with Gasteiger partial charge in [0.1, 0.15) is 11.7 Å². The Balaban J connectivity index is 1.65. The van der Waals surface area contributed by atoms with E-state index in [0.29, 0.717) is 24.5 Å². The minimum atomic E-state index is -0.302. The quantitative estimate of drug-likeness (QED) is 0.576. The molecular weight excluding hydrogens is 426 g/mol. The monoisotopic (exact) mass is 459 g/mol. The molecule has 0 radical (unpaired) electrons. The number of carbonyl (C=O) groups excluding carboxylic acids is 1. The fourth-order valence-corrected chi connectivity index (χ4v) is 4.38. The summed E-state index contributed by atoms with van der Waals surface area (Å²) < 4.78 is 6.42. The third-order valence-corrected chi connectivity index (χ3v) is 6.42. The highest BCUT2D eigenvalue weighted by Gasteiger charge is 2.34. The number of aromatic nitrogens is 1. The second-order valence-electron chi connectivity index (χ2n) is 9.25. The maximum Gasteiger partial charge on any atom is 0.259 e. The van der Waals surface area contributed by atoms with Crippen LogP contribution in [-0.2, 0) is 6.54 Å². The fraction of sp³-hybridized carbons (Fsp3) is 0.357. The van der Waals surface area contributed by atoms with Crippen molar-refractivity contribution in [3.8, 4) is 17.0 Å². The largest absolute Gasteiger partial charge is 0.472 e. The first-order valence-electron chi connectivity index (χ1n) is 11.8. The molecule has 1 amide bonds. The van der Waals surface area contributed by atoms with Gasteiger partial charge in [0, 0.05) is 37.3 Å². The molecule has 1 N–H and O–H groups in total. The zero-order chi connectivity index (χ0) is 24.1. The van der Waals surface area contributed by atoms with Crippen molar-refractivity contribution in [3.05, 3.63) is 84.1 Å². The first-order chi connectivity index (χ1) is 16.5. The van der Waals surface area contributed by atoms with E-state index in [9.17, 15) is 9.90 Å². The summed E-state index contributed by atoms with van der Waals surface area (Å²) in [4.78, 5) is 22.2. The molecule has 34 heavy (non-hydrogen) atoms. The van der Waals surface area contributed by atoms with Crippen molar-refractivity contribution in [2.24, 2.45) is 5.92 Å². The summed E-state index contributed by atoms with van der Waals surface area (Å²) >= 11 is 0. The molecule has 0 saturated heterocycles. The van der Waals surface area contributed by atoms with Crippen LogP contribution in [-0.4, -0.2) is 64.7 Å². The molecule has 2 aromatic carbocycles. The van der Waals surface area contributed by atoms with Gasteiger partial charge in [-0.05, 0) is 31.2 Å². The number of nitrogens with zero attached hydrogens (tertiary/aromatic N) is 3. The fourth-order valence-electron chi connectivity index (χ4n) is 4.38. The normalized spacial score (nSPS) is 19.2. The number of hydrogen-bond acceptors (Lipinski definition) is 5. The van der Waals surface area contributed by atoms with Crippen LogP contribution in [0.25, 0.3) is 11.1 Å². The van der Waals surface area contributed by atoms with Gasteiger partial charge in [-0.1, -0.05) is 67.6 Å². The molecule has 6 nitrogen and oxygen atoms in total. The smallest absolute Gasteiger partial charge is 0.259 e. The molecule has 3 aromatic rings. The standard InChI is InChI=1S/C28H33N3O3/c1-20-16-31(21(2)19-32)28(33)25-14-24(23-12-8-5-9-13-23)15-29-27(25)34-26(20)18-30(3)17-22-10-6-4-7-11-22/h4-15,20-21,26,32H,16-19H2,1-3H3/t20-,21-,26-/m0/s1. The van der Waals surface area contributed by atoms with Gasteiger partial charge in [-0.25, -0.2) is 4.98 Å². The second kappa shape index (κ2) is 10.8. The summed E-state index contributed by atoms with van der Waals surface area (Å²) in [5, 5.41) is 9.86. The van der Waals surface area contributed by atoms with Crippen LogP contribution in [0.2, 0.25) is 0 Å². The molecule has 3 atom stereocenters. The molecule has 0 unspecified atom stereocenters. The van der Waals surface area contributed by atoms with Crippen molar-refractivity contribution >= 4 is 5.91 Å². The summed E-state index contributed by atoms with van der Waals surface area (Å²) in [6.07, 6.45) is 1.60. The van der Waals surface area contributed by atoms with Crippen LogP contribution < -0.4 is 4.74 Å². The molecule has 0 bridgehead atoms. The number of ether oxygens (including phenoxy) is 1. The van der Waals surface area contributed by atoms with Crippen LogP contribution in [0, 0.1) is 5.92 Å². The molecular formula is C28H33N3O3. The van der Waals surface area contributed by atoms with Crippen molar-refractivity contribution in [2.45, 2.75) is 32.5 Å². The average Bonchev–Trinajstić information content (AvgIpc) is 2.86. The highest BCUT2D eigenvalue weighted by molar-refractivity contribution is 5.98. The van der Waals surface area contributed by atoms with Crippen LogP contribution in [0.4, 0.5) is 0 Å². The predicted octanol–water partition coefficient (Wildman–Crippen LogP) is 4.10. The summed E-state index contributed by atoms with van der Waals surface area (Å²) in [6, 6.07) is 21.8. The molecule has 0 saturated carbocycles. The number of carbonyl (C=O) groups is 1. The van der Waals surface area contributed by atoms with E-state index in [4.69, 9.17) is 4.74 Å². The first-order valence-corrected chi connectivity index (χ1v) is 11.8. The number of likely N-dealkylation sites (N-methyl/N-ethyl adjacent to an activating group) is 1. The van der Waals surface area contributed by atoms with Gasteiger partial charge in [-0.3, -0.25) is 9.69 Å². The number of benzene rings is 2. The minimum Gasteiger partial charge on any atom is -0.472 e. The maximum absolute atomic E-state index is 13.6. The highest BCUT2D eigenvalue weighted by atomic mass is 16.5. The summed E-state index contributed by atoms with van der Waals surface area (Å²) in [5.74, 6) is 0.245. The van der Waals surface area contributed by atoms with E-state index in [1.54, 1.807) is 11.1 Å². The average molecular weight is 460 g/mol. The van der Waals surface area contributed by atoms with E-state index in [2.05, 4.69) is 36.0 Å².